The highest BCUT2D eigenvalue weighted by molar-refractivity contribution is 5.57. The third kappa shape index (κ3) is 2.21. The maximum Gasteiger partial charge on any atom is 0.345 e. The lowest BCUT2D eigenvalue weighted by Gasteiger charge is -2.03. The Labute approximate surface area is 102 Å². The molecule has 0 amide bonds. The molecule has 0 unspecified atom stereocenters. The van der Waals surface area contributed by atoms with Crippen LogP contribution in [0.4, 0.5) is 10.2 Å². The van der Waals surface area contributed by atoms with Gasteiger partial charge in [0.15, 0.2) is 6.73 Å². The predicted molar refractivity (Wildman–Crippen MR) is 61.3 cm³/mol. The lowest BCUT2D eigenvalue weighted by Crippen LogP contribution is -2.06. The van der Waals surface area contributed by atoms with Gasteiger partial charge in [-0.25, -0.2) is 9.37 Å². The van der Waals surface area contributed by atoms with E-state index in [2.05, 4.69) is 4.98 Å². The average molecular weight is 251 g/mol. The minimum atomic E-state index is -0.543. The van der Waals surface area contributed by atoms with Gasteiger partial charge >= 0.3 is 5.82 Å². The number of benzene rings is 1. The summed E-state index contributed by atoms with van der Waals surface area (Å²) < 4.78 is 19.0. The van der Waals surface area contributed by atoms with Crippen molar-refractivity contribution in [3.63, 3.8) is 0 Å². The molecular formula is C11H10FN3O3. The predicted octanol–water partition coefficient (Wildman–Crippen LogP) is 2.20. The van der Waals surface area contributed by atoms with Crippen molar-refractivity contribution in [2.24, 2.45) is 0 Å². The minimum Gasteiger partial charge on any atom is -0.358 e. The average Bonchev–Trinajstić information content (AvgIpc) is 2.74. The third-order valence-electron chi connectivity index (χ3n) is 2.38. The van der Waals surface area contributed by atoms with E-state index in [4.69, 9.17) is 4.74 Å². The second kappa shape index (κ2) is 4.92. The van der Waals surface area contributed by atoms with Crippen LogP contribution >= 0.6 is 0 Å². The Balaban J connectivity index is 2.50. The third-order valence-corrected chi connectivity index (χ3v) is 2.38. The van der Waals surface area contributed by atoms with Gasteiger partial charge in [-0.3, -0.25) is 0 Å². The molecule has 0 aliphatic rings. The van der Waals surface area contributed by atoms with Gasteiger partial charge in [0.25, 0.3) is 0 Å². The molecule has 0 saturated heterocycles. The van der Waals surface area contributed by atoms with E-state index in [0.717, 1.165) is 6.20 Å². The molecule has 0 saturated carbocycles. The Morgan fingerprint density at radius 2 is 2.11 bits per heavy atom. The van der Waals surface area contributed by atoms with Crippen molar-refractivity contribution >= 4 is 5.82 Å². The smallest absolute Gasteiger partial charge is 0.345 e. The molecule has 6 nitrogen and oxygen atoms in total. The van der Waals surface area contributed by atoms with Crippen molar-refractivity contribution < 1.29 is 14.1 Å². The van der Waals surface area contributed by atoms with Gasteiger partial charge in [0.1, 0.15) is 12.0 Å². The molecular weight excluding hydrogens is 241 g/mol. The summed E-state index contributed by atoms with van der Waals surface area (Å²) in [7, 11) is 1.43. The maximum atomic E-state index is 12.8. The van der Waals surface area contributed by atoms with Crippen molar-refractivity contribution in [3.05, 3.63) is 46.4 Å². The van der Waals surface area contributed by atoms with Gasteiger partial charge in [-0.15, -0.1) is 0 Å². The number of hydrogen-bond donors (Lipinski definition) is 0. The number of halogens is 1. The van der Waals surface area contributed by atoms with Crippen molar-refractivity contribution in [2.45, 2.75) is 6.73 Å². The summed E-state index contributed by atoms with van der Waals surface area (Å²) in [5, 5.41) is 10.8. The van der Waals surface area contributed by atoms with Gasteiger partial charge in [0, 0.05) is 12.7 Å². The molecule has 7 heteroatoms. The van der Waals surface area contributed by atoms with Crippen molar-refractivity contribution in [1.82, 2.24) is 9.55 Å². The Kier molecular flexibility index (Phi) is 3.33. The number of nitro groups is 1. The molecule has 18 heavy (non-hydrogen) atoms. The fourth-order valence-corrected chi connectivity index (χ4v) is 1.60. The summed E-state index contributed by atoms with van der Waals surface area (Å²) in [6.07, 6.45) is 1.15. The lowest BCUT2D eigenvalue weighted by molar-refractivity contribution is -0.392. The van der Waals surface area contributed by atoms with E-state index in [0.29, 0.717) is 11.4 Å². The number of ether oxygens (including phenoxy) is 1. The molecule has 0 fully saturated rings. The minimum absolute atomic E-state index is 0.00300. The number of imidazole rings is 1. The Hall–Kier alpha value is -2.28. The van der Waals surface area contributed by atoms with Crippen LogP contribution in [0.15, 0.2) is 30.5 Å². The summed E-state index contributed by atoms with van der Waals surface area (Å²) in [5.74, 6) is -0.183. The molecule has 0 aliphatic carbocycles. The molecule has 2 rings (SSSR count). The summed E-state index contributed by atoms with van der Waals surface area (Å²) in [6, 6.07) is 5.56. The van der Waals surface area contributed by atoms with Crippen molar-refractivity contribution in [3.8, 4) is 11.4 Å². The molecule has 0 spiro atoms. The lowest BCUT2D eigenvalue weighted by atomic mass is 10.2. The first-order valence-electron chi connectivity index (χ1n) is 5.08. The van der Waals surface area contributed by atoms with Crippen LogP contribution in [0.5, 0.6) is 0 Å². The fourth-order valence-electron chi connectivity index (χ4n) is 1.60. The number of rotatable bonds is 4. The molecule has 94 valence electrons. The number of aromatic nitrogens is 2. The molecule has 1 heterocycles. The first-order chi connectivity index (χ1) is 8.63. The molecule has 2 aromatic rings. The maximum absolute atomic E-state index is 12.8. The zero-order valence-corrected chi connectivity index (χ0v) is 9.54. The van der Waals surface area contributed by atoms with Crippen LogP contribution < -0.4 is 0 Å². The van der Waals surface area contributed by atoms with Gasteiger partial charge in [0.2, 0.25) is 5.82 Å². The number of methoxy groups -OCH3 is 1. The van der Waals surface area contributed by atoms with Gasteiger partial charge in [-0.1, -0.05) is 0 Å². The second-order valence-corrected chi connectivity index (χ2v) is 3.55. The zero-order valence-electron chi connectivity index (χ0n) is 9.54. The van der Waals surface area contributed by atoms with E-state index in [-0.39, 0.29) is 18.4 Å². The van der Waals surface area contributed by atoms with Crippen LogP contribution in [0, 0.1) is 15.9 Å². The van der Waals surface area contributed by atoms with Crippen molar-refractivity contribution in [2.75, 3.05) is 7.11 Å². The Bertz CT molecular complexity index is 565. The molecule has 0 bridgehead atoms. The molecule has 0 N–H and O–H groups in total. The van der Waals surface area contributed by atoms with Crippen LogP contribution in [-0.2, 0) is 11.5 Å². The molecule has 1 aromatic carbocycles. The van der Waals surface area contributed by atoms with Crippen LogP contribution in [-0.4, -0.2) is 21.6 Å². The number of nitrogens with zero attached hydrogens (tertiary/aromatic N) is 3. The highest BCUT2D eigenvalue weighted by atomic mass is 19.1. The first kappa shape index (κ1) is 12.2. The van der Waals surface area contributed by atoms with E-state index >= 15 is 0 Å². The SMILES string of the molecule is COCn1c([N+](=O)[O-])cnc1-c1ccc(F)cc1. The highest BCUT2D eigenvalue weighted by Crippen LogP contribution is 2.23. The summed E-state index contributed by atoms with van der Waals surface area (Å²) in [5.41, 5.74) is 0.585. The normalized spacial score (nSPS) is 10.6. The Morgan fingerprint density at radius 3 is 2.67 bits per heavy atom. The van der Waals surface area contributed by atoms with E-state index in [9.17, 15) is 14.5 Å². The summed E-state index contributed by atoms with van der Waals surface area (Å²) in [6.45, 7) is 0.00300. The molecule has 0 atom stereocenters. The van der Waals surface area contributed by atoms with Gasteiger partial charge < -0.3 is 14.9 Å². The topological polar surface area (TPSA) is 70.2 Å². The van der Waals surface area contributed by atoms with Gasteiger partial charge in [0.05, 0.1) is 0 Å². The van der Waals surface area contributed by atoms with Crippen LogP contribution in [0.3, 0.4) is 0 Å². The quantitative estimate of drug-likeness (QED) is 0.617. The van der Waals surface area contributed by atoms with E-state index < -0.39 is 4.92 Å². The fraction of sp³-hybridized carbons (Fsp3) is 0.182. The number of hydrogen-bond acceptors (Lipinski definition) is 4. The summed E-state index contributed by atoms with van der Waals surface area (Å²) >= 11 is 0. The Morgan fingerprint density at radius 1 is 1.44 bits per heavy atom. The monoisotopic (exact) mass is 251 g/mol. The van der Waals surface area contributed by atoms with E-state index in [1.54, 1.807) is 0 Å². The largest absolute Gasteiger partial charge is 0.358 e. The van der Waals surface area contributed by atoms with Crippen LogP contribution in [0.1, 0.15) is 0 Å². The second-order valence-electron chi connectivity index (χ2n) is 3.55. The van der Waals surface area contributed by atoms with Gasteiger partial charge in [-0.05, 0) is 29.2 Å². The van der Waals surface area contributed by atoms with E-state index in [1.807, 2.05) is 0 Å². The first-order valence-corrected chi connectivity index (χ1v) is 5.08. The summed E-state index contributed by atoms with van der Waals surface area (Å²) in [4.78, 5) is 14.3. The highest BCUT2D eigenvalue weighted by Gasteiger charge is 2.21. The van der Waals surface area contributed by atoms with E-state index in [1.165, 1.54) is 35.9 Å². The molecule has 0 aliphatic heterocycles. The van der Waals surface area contributed by atoms with Gasteiger partial charge in [-0.2, -0.15) is 4.57 Å². The standard InChI is InChI=1S/C11H10FN3O3/c1-18-7-14-10(15(16)17)6-13-11(14)8-2-4-9(12)5-3-8/h2-6H,7H2,1H3. The molecule has 0 radical (unpaired) electrons. The molecule has 1 aromatic heterocycles. The van der Waals surface area contributed by atoms with Crippen LogP contribution in [0.2, 0.25) is 0 Å². The van der Waals surface area contributed by atoms with Crippen molar-refractivity contribution in [1.29, 1.82) is 0 Å². The van der Waals surface area contributed by atoms with Crippen LogP contribution in [0.25, 0.3) is 11.4 Å². The zero-order chi connectivity index (χ0) is 13.1.